The molecule has 0 heterocycles. The monoisotopic (exact) mass is 201 g/mol. The first-order valence-electron chi connectivity index (χ1n) is 4.01. The molecule has 0 aliphatic carbocycles. The number of carbonyl (C=O) groups excluding carboxylic acids is 2. The van der Waals surface area contributed by atoms with Gasteiger partial charge >= 0.3 is 0 Å². The molecule has 0 aromatic heterocycles. The highest BCUT2D eigenvalue weighted by atomic mass is 16.2. The van der Waals surface area contributed by atoms with Gasteiger partial charge in [-0.1, -0.05) is 0 Å². The number of amides is 2. The fourth-order valence-corrected chi connectivity index (χ4v) is 0.810. The molecule has 80 valence electrons. The summed E-state index contributed by atoms with van der Waals surface area (Å²) < 4.78 is 0. The molecule has 0 fully saturated rings. The van der Waals surface area contributed by atoms with Crippen LogP contribution in [0.1, 0.15) is 6.92 Å². The van der Waals surface area contributed by atoms with E-state index in [1.165, 1.54) is 14.0 Å². The Bertz CT molecular complexity index is 246. The Morgan fingerprint density at radius 2 is 2.00 bits per heavy atom. The summed E-state index contributed by atoms with van der Waals surface area (Å²) in [5, 5.41) is 4.81. The number of nitrogens with two attached hydrogens (primary N) is 2. The highest BCUT2D eigenvalue weighted by Crippen LogP contribution is 1.85. The maximum atomic E-state index is 11.2. The smallest absolute Gasteiger partial charge is 0.244 e. The van der Waals surface area contributed by atoms with Crippen molar-refractivity contribution in [3.05, 3.63) is 0 Å². The molecule has 0 saturated heterocycles. The van der Waals surface area contributed by atoms with Gasteiger partial charge in [-0.05, 0) is 0 Å². The molecule has 14 heavy (non-hydrogen) atoms. The molecule has 0 aromatic carbocycles. The summed E-state index contributed by atoms with van der Waals surface area (Å²) in [5.74, 6) is -0.779. The Morgan fingerprint density at radius 3 is 2.36 bits per heavy atom. The minimum Gasteiger partial charge on any atom is -0.370 e. The predicted molar refractivity (Wildman–Crippen MR) is 52.3 cm³/mol. The highest BCUT2D eigenvalue weighted by molar-refractivity contribution is 5.87. The molecule has 0 radical (unpaired) electrons. The van der Waals surface area contributed by atoms with Crippen LogP contribution in [0, 0.1) is 0 Å². The highest BCUT2D eigenvalue weighted by Gasteiger charge is 2.17. The summed E-state index contributed by atoms with van der Waals surface area (Å²) in [6.07, 6.45) is 0. The predicted octanol–water partition coefficient (Wildman–Crippen LogP) is -2.49. The van der Waals surface area contributed by atoms with Crippen LogP contribution >= 0.6 is 0 Å². The number of likely N-dealkylation sites (N-methyl/N-ethyl adjacent to an activating group) is 1. The van der Waals surface area contributed by atoms with E-state index in [1.807, 2.05) is 0 Å². The average molecular weight is 201 g/mol. The Hall–Kier alpha value is -1.79. The van der Waals surface area contributed by atoms with Crippen LogP contribution in [-0.4, -0.2) is 37.4 Å². The largest absolute Gasteiger partial charge is 0.370 e. The molecule has 6 N–H and O–H groups in total. The molecule has 2 amide bonds. The molecule has 7 heteroatoms. The third kappa shape index (κ3) is 4.96. The maximum Gasteiger partial charge on any atom is 0.244 e. The lowest BCUT2D eigenvalue weighted by Gasteiger charge is -2.13. The van der Waals surface area contributed by atoms with Gasteiger partial charge in [0.1, 0.15) is 6.04 Å². The van der Waals surface area contributed by atoms with E-state index in [2.05, 4.69) is 15.6 Å². The number of aliphatic imine (C=N–C) groups is 1. The van der Waals surface area contributed by atoms with Crippen molar-refractivity contribution in [2.45, 2.75) is 13.0 Å². The van der Waals surface area contributed by atoms with Crippen molar-refractivity contribution in [1.29, 1.82) is 0 Å². The lowest BCUT2D eigenvalue weighted by atomic mass is 10.2. The van der Waals surface area contributed by atoms with Gasteiger partial charge in [0, 0.05) is 14.0 Å². The fourth-order valence-electron chi connectivity index (χ4n) is 0.810. The summed E-state index contributed by atoms with van der Waals surface area (Å²) >= 11 is 0. The van der Waals surface area contributed by atoms with E-state index in [-0.39, 0.29) is 24.3 Å². The summed E-state index contributed by atoms with van der Waals surface area (Å²) in [4.78, 5) is 25.5. The first-order valence-corrected chi connectivity index (χ1v) is 4.01. The summed E-state index contributed by atoms with van der Waals surface area (Å²) in [5.41, 5.74) is 10.2. The van der Waals surface area contributed by atoms with Crippen LogP contribution in [0.4, 0.5) is 0 Å². The third-order valence-corrected chi connectivity index (χ3v) is 1.40. The second-order valence-electron chi connectivity index (χ2n) is 2.63. The lowest BCUT2D eigenvalue weighted by Crippen LogP contribution is -2.47. The Morgan fingerprint density at radius 1 is 1.43 bits per heavy atom. The van der Waals surface area contributed by atoms with Crippen LogP contribution in [0.15, 0.2) is 4.99 Å². The minimum atomic E-state index is -0.736. The van der Waals surface area contributed by atoms with Gasteiger partial charge in [-0.3, -0.25) is 14.6 Å². The molecule has 0 saturated carbocycles. The summed E-state index contributed by atoms with van der Waals surface area (Å²) in [6.45, 7) is 1.34. The van der Waals surface area contributed by atoms with Gasteiger partial charge in [0.2, 0.25) is 11.8 Å². The molecule has 0 rings (SSSR count). The molecule has 0 aromatic rings. The minimum absolute atomic E-state index is 0.0294. The van der Waals surface area contributed by atoms with Gasteiger partial charge in [0.25, 0.3) is 0 Å². The van der Waals surface area contributed by atoms with E-state index >= 15 is 0 Å². The molecule has 0 spiro atoms. The molecule has 1 atom stereocenters. The maximum absolute atomic E-state index is 11.2. The van der Waals surface area contributed by atoms with Crippen molar-refractivity contribution in [3.8, 4) is 0 Å². The van der Waals surface area contributed by atoms with Crippen molar-refractivity contribution < 1.29 is 9.59 Å². The van der Waals surface area contributed by atoms with Gasteiger partial charge in [-0.15, -0.1) is 0 Å². The first-order chi connectivity index (χ1) is 6.47. The molecule has 1 unspecified atom stereocenters. The molecule has 0 aliphatic heterocycles. The van der Waals surface area contributed by atoms with E-state index in [0.29, 0.717) is 0 Å². The van der Waals surface area contributed by atoms with E-state index in [1.54, 1.807) is 0 Å². The number of hydrogen-bond donors (Lipinski definition) is 4. The standard InChI is InChI=1S/C7H15N5O2/c1-4(13)12-5(6(14)10-2)3-11-7(8)9/h5H,3H2,1-2H3,(H,10,14)(H,12,13)(H4,8,9,11). The Kier molecular flexibility index (Phi) is 5.05. The van der Waals surface area contributed by atoms with Gasteiger partial charge in [0.05, 0.1) is 6.54 Å². The number of hydrogen-bond acceptors (Lipinski definition) is 3. The summed E-state index contributed by atoms with van der Waals surface area (Å²) in [7, 11) is 1.46. The zero-order valence-corrected chi connectivity index (χ0v) is 8.20. The van der Waals surface area contributed by atoms with Crippen LogP contribution in [0.2, 0.25) is 0 Å². The lowest BCUT2D eigenvalue weighted by molar-refractivity contribution is -0.127. The average Bonchev–Trinajstić information content (AvgIpc) is 2.10. The third-order valence-electron chi connectivity index (χ3n) is 1.40. The van der Waals surface area contributed by atoms with Gasteiger partial charge in [0.15, 0.2) is 5.96 Å². The Labute approximate surface area is 81.9 Å². The number of nitrogens with zero attached hydrogens (tertiary/aromatic N) is 1. The van der Waals surface area contributed by atoms with Crippen LogP contribution in [0.3, 0.4) is 0 Å². The molecule has 0 aliphatic rings. The van der Waals surface area contributed by atoms with Gasteiger partial charge in [-0.2, -0.15) is 0 Å². The van der Waals surface area contributed by atoms with Crippen molar-refractivity contribution in [2.75, 3.05) is 13.6 Å². The number of rotatable bonds is 4. The number of carbonyl (C=O) groups is 2. The van der Waals surface area contributed by atoms with E-state index in [0.717, 1.165) is 0 Å². The van der Waals surface area contributed by atoms with Crippen LogP contribution < -0.4 is 22.1 Å². The van der Waals surface area contributed by atoms with Gasteiger partial charge in [-0.25, -0.2) is 0 Å². The van der Waals surface area contributed by atoms with Crippen molar-refractivity contribution in [3.63, 3.8) is 0 Å². The van der Waals surface area contributed by atoms with Crippen LogP contribution in [0.5, 0.6) is 0 Å². The topological polar surface area (TPSA) is 123 Å². The van der Waals surface area contributed by atoms with E-state index < -0.39 is 6.04 Å². The SMILES string of the molecule is CNC(=O)C(CN=C(N)N)NC(C)=O. The zero-order chi connectivity index (χ0) is 11.1. The number of guanidine groups is 1. The van der Waals surface area contributed by atoms with Crippen molar-refractivity contribution in [1.82, 2.24) is 10.6 Å². The second kappa shape index (κ2) is 5.79. The molecular weight excluding hydrogens is 186 g/mol. The Balaban J connectivity index is 4.32. The van der Waals surface area contributed by atoms with Crippen LogP contribution in [-0.2, 0) is 9.59 Å². The molecular formula is C7H15N5O2. The second-order valence-corrected chi connectivity index (χ2v) is 2.63. The first kappa shape index (κ1) is 12.2. The van der Waals surface area contributed by atoms with Crippen LogP contribution in [0.25, 0.3) is 0 Å². The fraction of sp³-hybridized carbons (Fsp3) is 0.571. The van der Waals surface area contributed by atoms with Gasteiger partial charge < -0.3 is 22.1 Å². The summed E-state index contributed by atoms with van der Waals surface area (Å²) in [6, 6.07) is -0.736. The quantitative estimate of drug-likeness (QED) is 0.297. The number of nitrogens with one attached hydrogen (secondary N) is 2. The normalized spacial score (nSPS) is 11.3. The van der Waals surface area contributed by atoms with E-state index in [4.69, 9.17) is 11.5 Å². The molecule has 0 bridgehead atoms. The van der Waals surface area contributed by atoms with Crippen molar-refractivity contribution in [2.24, 2.45) is 16.5 Å². The van der Waals surface area contributed by atoms with Crippen molar-refractivity contribution >= 4 is 17.8 Å². The zero-order valence-electron chi connectivity index (χ0n) is 8.20. The van der Waals surface area contributed by atoms with E-state index in [9.17, 15) is 9.59 Å². The molecule has 7 nitrogen and oxygen atoms in total.